The van der Waals surface area contributed by atoms with Crippen molar-refractivity contribution in [2.24, 2.45) is 10.7 Å². The molecule has 9 heavy (non-hydrogen) atoms. The van der Waals surface area contributed by atoms with Gasteiger partial charge in [-0.3, -0.25) is 9.79 Å². The second-order valence-electron chi connectivity index (χ2n) is 1.83. The molecule has 0 aliphatic rings. The lowest BCUT2D eigenvalue weighted by Crippen LogP contribution is -2.20. The Kier molecular flexibility index (Phi) is 3.67. The van der Waals surface area contributed by atoms with Crippen LogP contribution in [0.2, 0.25) is 0 Å². The van der Waals surface area contributed by atoms with Gasteiger partial charge in [-0.05, 0) is 13.3 Å². The summed E-state index contributed by atoms with van der Waals surface area (Å²) in [5, 5.41) is 0. The Morgan fingerprint density at radius 2 is 2.22 bits per heavy atom. The quantitative estimate of drug-likeness (QED) is 0.547. The number of hydrogen-bond donors (Lipinski definition) is 1. The summed E-state index contributed by atoms with van der Waals surface area (Å²) >= 11 is 0. The van der Waals surface area contributed by atoms with Crippen molar-refractivity contribution in [3.8, 4) is 0 Å². The molecule has 2 N–H and O–H groups in total. The molecule has 0 aromatic carbocycles. The minimum absolute atomic E-state index is 0.414. The third kappa shape index (κ3) is 3.70. The molecule has 0 aromatic heterocycles. The topological polar surface area (TPSA) is 55.4 Å². The summed E-state index contributed by atoms with van der Waals surface area (Å²) in [5.41, 5.74) is 5.32. The van der Waals surface area contributed by atoms with E-state index >= 15 is 0 Å². The lowest BCUT2D eigenvalue weighted by atomic mass is 10.4. The van der Waals surface area contributed by atoms with Crippen molar-refractivity contribution in [1.82, 2.24) is 0 Å². The van der Waals surface area contributed by atoms with E-state index in [0.717, 1.165) is 6.42 Å². The normalized spacial score (nSPS) is 11.6. The van der Waals surface area contributed by atoms with E-state index in [0.29, 0.717) is 12.3 Å². The Morgan fingerprint density at radius 3 is 2.56 bits per heavy atom. The van der Waals surface area contributed by atoms with Crippen molar-refractivity contribution < 1.29 is 4.79 Å². The molecule has 0 saturated carbocycles. The van der Waals surface area contributed by atoms with Crippen LogP contribution in [0.1, 0.15) is 20.3 Å². The summed E-state index contributed by atoms with van der Waals surface area (Å²) in [6.45, 7) is 4.31. The van der Waals surface area contributed by atoms with E-state index in [1.165, 1.54) is 0 Å². The molecule has 0 fully saturated rings. The Morgan fingerprint density at radius 1 is 1.67 bits per heavy atom. The average molecular weight is 128 g/mol. The standard InChI is InChI=1S/C6H12N2O/c1-3-4-8-5(2)6(7)9/h3-4H2,1-2H3,(H2,7,9). The Hall–Kier alpha value is -0.860. The van der Waals surface area contributed by atoms with E-state index < -0.39 is 5.91 Å². The molecular weight excluding hydrogens is 116 g/mol. The van der Waals surface area contributed by atoms with Gasteiger partial charge >= 0.3 is 0 Å². The highest BCUT2D eigenvalue weighted by Gasteiger charge is 1.95. The van der Waals surface area contributed by atoms with Gasteiger partial charge < -0.3 is 5.73 Å². The zero-order chi connectivity index (χ0) is 7.28. The van der Waals surface area contributed by atoms with Gasteiger partial charge in [0.15, 0.2) is 0 Å². The Bertz CT molecular complexity index is 129. The van der Waals surface area contributed by atoms with Crippen LogP contribution < -0.4 is 5.73 Å². The van der Waals surface area contributed by atoms with E-state index in [2.05, 4.69) is 4.99 Å². The zero-order valence-electron chi connectivity index (χ0n) is 5.85. The van der Waals surface area contributed by atoms with E-state index in [-0.39, 0.29) is 0 Å². The van der Waals surface area contributed by atoms with Gasteiger partial charge in [0.05, 0.1) is 5.71 Å². The second kappa shape index (κ2) is 4.06. The van der Waals surface area contributed by atoms with Gasteiger partial charge in [-0.1, -0.05) is 6.92 Å². The van der Waals surface area contributed by atoms with E-state index in [1.807, 2.05) is 6.92 Å². The van der Waals surface area contributed by atoms with Crippen molar-refractivity contribution >= 4 is 11.6 Å². The molecule has 0 bridgehead atoms. The van der Waals surface area contributed by atoms with E-state index in [4.69, 9.17) is 5.73 Å². The summed E-state index contributed by atoms with van der Waals surface area (Å²) in [6.07, 6.45) is 0.949. The number of carbonyl (C=O) groups excluding carboxylic acids is 1. The van der Waals surface area contributed by atoms with Crippen LogP contribution in [0.25, 0.3) is 0 Å². The molecule has 3 nitrogen and oxygen atoms in total. The lowest BCUT2D eigenvalue weighted by Gasteiger charge is -1.90. The molecule has 0 unspecified atom stereocenters. The molecular formula is C6H12N2O. The van der Waals surface area contributed by atoms with Crippen LogP contribution in [0.3, 0.4) is 0 Å². The Labute approximate surface area is 55.0 Å². The SMILES string of the molecule is CCCN=C(C)C(N)=O. The van der Waals surface area contributed by atoms with Crippen LogP contribution in [-0.2, 0) is 4.79 Å². The zero-order valence-corrected chi connectivity index (χ0v) is 5.85. The molecule has 0 radical (unpaired) electrons. The number of carbonyl (C=O) groups is 1. The summed E-state index contributed by atoms with van der Waals surface area (Å²) in [5.74, 6) is -0.427. The molecule has 52 valence electrons. The van der Waals surface area contributed by atoms with Crippen molar-refractivity contribution in [2.75, 3.05) is 6.54 Å². The van der Waals surface area contributed by atoms with Crippen molar-refractivity contribution in [1.29, 1.82) is 0 Å². The fraction of sp³-hybridized carbons (Fsp3) is 0.667. The van der Waals surface area contributed by atoms with E-state index in [9.17, 15) is 4.79 Å². The summed E-state index contributed by atoms with van der Waals surface area (Å²) in [4.78, 5) is 14.2. The van der Waals surface area contributed by atoms with Crippen LogP contribution in [0, 0.1) is 0 Å². The Balaban J connectivity index is 3.69. The monoisotopic (exact) mass is 128 g/mol. The van der Waals surface area contributed by atoms with Crippen LogP contribution in [0.5, 0.6) is 0 Å². The number of nitrogens with two attached hydrogens (primary N) is 1. The first-order valence-electron chi connectivity index (χ1n) is 2.99. The molecule has 0 atom stereocenters. The van der Waals surface area contributed by atoms with Gasteiger partial charge in [-0.25, -0.2) is 0 Å². The number of amides is 1. The minimum Gasteiger partial charge on any atom is -0.365 e. The molecule has 0 saturated heterocycles. The first kappa shape index (κ1) is 8.14. The third-order valence-electron chi connectivity index (χ3n) is 0.929. The third-order valence-corrected chi connectivity index (χ3v) is 0.929. The number of rotatable bonds is 3. The first-order valence-corrected chi connectivity index (χ1v) is 2.99. The molecule has 0 aliphatic carbocycles. The molecule has 0 rings (SSSR count). The molecule has 0 spiro atoms. The largest absolute Gasteiger partial charge is 0.365 e. The van der Waals surface area contributed by atoms with Crippen LogP contribution >= 0.6 is 0 Å². The summed E-state index contributed by atoms with van der Waals surface area (Å²) < 4.78 is 0. The molecule has 0 aliphatic heterocycles. The lowest BCUT2D eigenvalue weighted by molar-refractivity contribution is -0.112. The van der Waals surface area contributed by atoms with Gasteiger partial charge in [0.1, 0.15) is 0 Å². The fourth-order valence-electron chi connectivity index (χ4n) is 0.357. The molecule has 3 heteroatoms. The average Bonchev–Trinajstić information content (AvgIpc) is 1.82. The van der Waals surface area contributed by atoms with Crippen molar-refractivity contribution in [3.63, 3.8) is 0 Å². The maximum Gasteiger partial charge on any atom is 0.262 e. The smallest absolute Gasteiger partial charge is 0.262 e. The highest BCUT2D eigenvalue weighted by Crippen LogP contribution is 1.80. The van der Waals surface area contributed by atoms with Crippen LogP contribution in [0.15, 0.2) is 4.99 Å². The molecule has 0 aromatic rings. The van der Waals surface area contributed by atoms with Gasteiger partial charge in [0, 0.05) is 6.54 Å². The minimum atomic E-state index is -0.427. The maximum absolute atomic E-state index is 10.3. The predicted octanol–water partition coefficient (Wildman–Crippen LogP) is 0.343. The highest BCUT2D eigenvalue weighted by molar-refractivity contribution is 6.37. The van der Waals surface area contributed by atoms with E-state index in [1.54, 1.807) is 6.92 Å². The highest BCUT2D eigenvalue weighted by atomic mass is 16.1. The molecule has 1 amide bonds. The van der Waals surface area contributed by atoms with Crippen molar-refractivity contribution in [2.45, 2.75) is 20.3 Å². The maximum atomic E-state index is 10.3. The molecule has 0 heterocycles. The van der Waals surface area contributed by atoms with Gasteiger partial charge in [-0.15, -0.1) is 0 Å². The fourth-order valence-corrected chi connectivity index (χ4v) is 0.357. The number of nitrogens with zero attached hydrogens (tertiary/aromatic N) is 1. The van der Waals surface area contributed by atoms with Crippen LogP contribution in [0.4, 0.5) is 0 Å². The number of aliphatic imine (C=N–C) groups is 1. The van der Waals surface area contributed by atoms with Crippen LogP contribution in [-0.4, -0.2) is 18.2 Å². The summed E-state index contributed by atoms with van der Waals surface area (Å²) in [6, 6.07) is 0. The van der Waals surface area contributed by atoms with Gasteiger partial charge in [0.25, 0.3) is 5.91 Å². The number of primary amides is 1. The van der Waals surface area contributed by atoms with Gasteiger partial charge in [0.2, 0.25) is 0 Å². The number of hydrogen-bond acceptors (Lipinski definition) is 2. The summed E-state index contributed by atoms with van der Waals surface area (Å²) in [7, 11) is 0. The second-order valence-corrected chi connectivity index (χ2v) is 1.83. The first-order chi connectivity index (χ1) is 4.18. The van der Waals surface area contributed by atoms with Crippen molar-refractivity contribution in [3.05, 3.63) is 0 Å². The van der Waals surface area contributed by atoms with Gasteiger partial charge in [-0.2, -0.15) is 0 Å². The predicted molar refractivity (Wildman–Crippen MR) is 37.5 cm³/mol.